The van der Waals surface area contributed by atoms with Crippen LogP contribution in [0.5, 0.6) is 5.75 Å². The van der Waals surface area contributed by atoms with E-state index in [1.165, 1.54) is 18.4 Å². The van der Waals surface area contributed by atoms with Crippen molar-refractivity contribution in [3.63, 3.8) is 0 Å². The van der Waals surface area contributed by atoms with Crippen LogP contribution in [0, 0.1) is 0 Å². The first-order valence-corrected chi connectivity index (χ1v) is 9.37. The topological polar surface area (TPSA) is 33.3 Å². The number of rotatable bonds is 10. The number of halogens is 2. The van der Waals surface area contributed by atoms with E-state index in [9.17, 15) is 0 Å². The number of benzene rings is 2. The Balaban J connectivity index is 1.79. The molecule has 0 atom stereocenters. The molecule has 2 N–H and O–H groups in total. The molecule has 5 heteroatoms. The lowest BCUT2D eigenvalue weighted by atomic mass is 10.1. The number of unbranched alkanes of at least 4 members (excludes halogenated alkanes) is 1. The minimum atomic E-state index is 0.538. The highest BCUT2D eigenvalue weighted by molar-refractivity contribution is 9.10. The van der Waals surface area contributed by atoms with Gasteiger partial charge in [-0.3, -0.25) is 0 Å². The van der Waals surface area contributed by atoms with Gasteiger partial charge in [0, 0.05) is 11.6 Å². The minimum Gasteiger partial charge on any atom is -0.488 e. The van der Waals surface area contributed by atoms with Gasteiger partial charge in [-0.2, -0.15) is 0 Å². The monoisotopic (exact) mass is 410 g/mol. The van der Waals surface area contributed by atoms with Crippen molar-refractivity contribution in [2.75, 3.05) is 20.1 Å². The molecule has 0 heterocycles. The molecular formula is C19H24BrClN2O. The second kappa shape index (κ2) is 10.7. The second-order valence-corrected chi connectivity index (χ2v) is 6.96. The van der Waals surface area contributed by atoms with Crippen LogP contribution < -0.4 is 15.4 Å². The Morgan fingerprint density at radius 1 is 1.04 bits per heavy atom. The molecule has 24 heavy (non-hydrogen) atoms. The summed E-state index contributed by atoms with van der Waals surface area (Å²) in [7, 11) is 1.99. The lowest BCUT2D eigenvalue weighted by Gasteiger charge is -2.10. The van der Waals surface area contributed by atoms with E-state index in [4.69, 9.17) is 16.3 Å². The van der Waals surface area contributed by atoms with E-state index in [0.29, 0.717) is 11.6 Å². The van der Waals surface area contributed by atoms with Crippen molar-refractivity contribution in [3.05, 3.63) is 63.1 Å². The van der Waals surface area contributed by atoms with Crippen molar-refractivity contribution < 1.29 is 4.74 Å². The molecule has 0 fully saturated rings. The highest BCUT2D eigenvalue weighted by atomic mass is 79.9. The summed E-state index contributed by atoms with van der Waals surface area (Å²) in [5.74, 6) is 0.799. The summed E-state index contributed by atoms with van der Waals surface area (Å²) < 4.78 is 6.74. The van der Waals surface area contributed by atoms with Crippen molar-refractivity contribution in [3.8, 4) is 5.75 Å². The fourth-order valence-electron chi connectivity index (χ4n) is 2.37. The summed E-state index contributed by atoms with van der Waals surface area (Å²) in [6, 6.07) is 14.0. The molecule has 0 aliphatic carbocycles. The molecule has 0 amide bonds. The standard InChI is InChI=1S/C19H24BrClN2O/c1-22-9-2-3-10-23-13-15-5-4-6-16(11-15)14-24-19-8-7-17(21)12-18(19)20/h4-8,11-12,22-23H,2-3,9-10,13-14H2,1H3. The number of nitrogens with one attached hydrogen (secondary N) is 2. The Morgan fingerprint density at radius 3 is 2.62 bits per heavy atom. The summed E-state index contributed by atoms with van der Waals surface area (Å²) in [6.07, 6.45) is 2.39. The van der Waals surface area contributed by atoms with E-state index in [2.05, 4.69) is 50.8 Å². The zero-order chi connectivity index (χ0) is 17.2. The molecule has 0 unspecified atom stereocenters. The highest BCUT2D eigenvalue weighted by Crippen LogP contribution is 2.28. The Labute approximate surface area is 157 Å². The number of hydrogen-bond donors (Lipinski definition) is 2. The van der Waals surface area contributed by atoms with E-state index in [-0.39, 0.29) is 0 Å². The van der Waals surface area contributed by atoms with Crippen LogP contribution in [-0.4, -0.2) is 20.1 Å². The van der Waals surface area contributed by atoms with Crippen LogP contribution in [0.4, 0.5) is 0 Å². The molecule has 0 aromatic heterocycles. The molecular weight excluding hydrogens is 388 g/mol. The van der Waals surface area contributed by atoms with Crippen LogP contribution >= 0.6 is 27.5 Å². The van der Waals surface area contributed by atoms with Gasteiger partial charge in [-0.1, -0.05) is 35.9 Å². The minimum absolute atomic E-state index is 0.538. The summed E-state index contributed by atoms with van der Waals surface area (Å²) >= 11 is 9.42. The summed E-state index contributed by atoms with van der Waals surface area (Å²) in [5.41, 5.74) is 2.44. The summed E-state index contributed by atoms with van der Waals surface area (Å²) in [6.45, 7) is 3.54. The molecule has 130 valence electrons. The predicted octanol–water partition coefficient (Wildman–Crippen LogP) is 4.77. The molecule has 2 aromatic rings. The van der Waals surface area contributed by atoms with Gasteiger partial charge in [-0.25, -0.2) is 0 Å². The van der Waals surface area contributed by atoms with Gasteiger partial charge < -0.3 is 15.4 Å². The van der Waals surface area contributed by atoms with Gasteiger partial charge in [0.1, 0.15) is 12.4 Å². The van der Waals surface area contributed by atoms with Crippen LogP contribution in [0.2, 0.25) is 5.02 Å². The number of ether oxygens (including phenoxy) is 1. The zero-order valence-corrected chi connectivity index (χ0v) is 16.3. The fraction of sp³-hybridized carbons (Fsp3) is 0.368. The van der Waals surface area contributed by atoms with Crippen LogP contribution in [0.3, 0.4) is 0 Å². The van der Waals surface area contributed by atoms with Gasteiger partial charge in [0.25, 0.3) is 0 Å². The van der Waals surface area contributed by atoms with Gasteiger partial charge in [-0.05, 0) is 78.2 Å². The third-order valence-electron chi connectivity index (χ3n) is 3.64. The first-order chi connectivity index (χ1) is 11.7. The molecule has 0 bridgehead atoms. The molecule has 0 spiro atoms. The third kappa shape index (κ3) is 6.81. The zero-order valence-electron chi connectivity index (χ0n) is 13.9. The van der Waals surface area contributed by atoms with Gasteiger partial charge in [0.05, 0.1) is 4.47 Å². The van der Waals surface area contributed by atoms with Crippen LogP contribution in [0.15, 0.2) is 46.9 Å². The van der Waals surface area contributed by atoms with E-state index >= 15 is 0 Å². The van der Waals surface area contributed by atoms with E-state index < -0.39 is 0 Å². The smallest absolute Gasteiger partial charge is 0.134 e. The Bertz CT molecular complexity index is 637. The maximum atomic E-state index is 5.95. The highest BCUT2D eigenvalue weighted by Gasteiger charge is 2.03. The maximum absolute atomic E-state index is 5.95. The van der Waals surface area contributed by atoms with Crippen molar-refractivity contribution >= 4 is 27.5 Å². The van der Waals surface area contributed by atoms with Crippen molar-refractivity contribution in [1.82, 2.24) is 10.6 Å². The Morgan fingerprint density at radius 2 is 1.83 bits per heavy atom. The average Bonchev–Trinajstić information content (AvgIpc) is 2.58. The number of hydrogen-bond acceptors (Lipinski definition) is 3. The van der Waals surface area contributed by atoms with Crippen LogP contribution in [0.1, 0.15) is 24.0 Å². The van der Waals surface area contributed by atoms with Gasteiger partial charge in [0.2, 0.25) is 0 Å². The summed E-state index contributed by atoms with van der Waals surface area (Å²) in [4.78, 5) is 0. The van der Waals surface area contributed by atoms with E-state index in [1.54, 1.807) is 0 Å². The quantitative estimate of drug-likeness (QED) is 0.552. The average molecular weight is 412 g/mol. The Hall–Kier alpha value is -1.07. The lowest BCUT2D eigenvalue weighted by Crippen LogP contribution is -2.16. The molecule has 0 radical (unpaired) electrons. The Kier molecular flexibility index (Phi) is 8.60. The SMILES string of the molecule is CNCCCCNCc1cccc(COc2ccc(Cl)cc2Br)c1. The van der Waals surface area contributed by atoms with Crippen LogP contribution in [-0.2, 0) is 13.2 Å². The van der Waals surface area contributed by atoms with E-state index in [0.717, 1.165) is 35.4 Å². The molecule has 0 saturated carbocycles. The van der Waals surface area contributed by atoms with Gasteiger partial charge >= 0.3 is 0 Å². The molecule has 3 nitrogen and oxygen atoms in total. The molecule has 0 aliphatic heterocycles. The first-order valence-electron chi connectivity index (χ1n) is 8.20. The predicted molar refractivity (Wildman–Crippen MR) is 105 cm³/mol. The largest absolute Gasteiger partial charge is 0.488 e. The van der Waals surface area contributed by atoms with E-state index in [1.807, 2.05) is 25.2 Å². The maximum Gasteiger partial charge on any atom is 0.134 e. The second-order valence-electron chi connectivity index (χ2n) is 5.67. The molecule has 2 rings (SSSR count). The van der Waals surface area contributed by atoms with Gasteiger partial charge in [-0.15, -0.1) is 0 Å². The van der Waals surface area contributed by atoms with Crippen molar-refractivity contribution in [1.29, 1.82) is 0 Å². The lowest BCUT2D eigenvalue weighted by molar-refractivity contribution is 0.304. The molecule has 0 saturated heterocycles. The normalized spacial score (nSPS) is 10.8. The van der Waals surface area contributed by atoms with Crippen molar-refractivity contribution in [2.45, 2.75) is 26.0 Å². The third-order valence-corrected chi connectivity index (χ3v) is 4.49. The van der Waals surface area contributed by atoms with Crippen LogP contribution in [0.25, 0.3) is 0 Å². The van der Waals surface area contributed by atoms with Gasteiger partial charge in [0.15, 0.2) is 0 Å². The first kappa shape index (κ1) is 19.3. The summed E-state index contributed by atoms with van der Waals surface area (Å²) in [5, 5.41) is 7.34. The molecule has 2 aromatic carbocycles. The fourth-order valence-corrected chi connectivity index (χ4v) is 3.16. The van der Waals surface area contributed by atoms with Crippen molar-refractivity contribution in [2.24, 2.45) is 0 Å². The molecule has 0 aliphatic rings.